The van der Waals surface area contributed by atoms with Crippen LogP contribution in [0.25, 0.3) is 0 Å². The third-order valence-electron chi connectivity index (χ3n) is 4.20. The molecule has 0 unspecified atom stereocenters. The fourth-order valence-electron chi connectivity index (χ4n) is 2.82. The second-order valence-electron chi connectivity index (χ2n) is 5.92. The number of carbonyl (C=O) groups is 1. The molecule has 0 radical (unpaired) electrons. The highest BCUT2D eigenvalue weighted by Gasteiger charge is 2.21. The largest absolute Gasteiger partial charge is 0.497 e. The number of morpholine rings is 1. The molecule has 2 N–H and O–H groups in total. The fraction of sp³-hybridized carbons (Fsp3) is 0.278. The Balaban J connectivity index is 1.87. The predicted molar refractivity (Wildman–Crippen MR) is 100 cm³/mol. The van der Waals surface area contributed by atoms with Crippen molar-refractivity contribution in [2.45, 2.75) is 4.90 Å². The van der Waals surface area contributed by atoms with Crippen molar-refractivity contribution in [2.24, 2.45) is 0 Å². The highest BCUT2D eigenvalue weighted by atomic mass is 32.2. The van der Waals surface area contributed by atoms with Crippen LogP contribution < -0.4 is 14.4 Å². The maximum Gasteiger partial charge on any atom is 0.337 e. The zero-order valence-electron chi connectivity index (χ0n) is 14.7. The van der Waals surface area contributed by atoms with Crippen LogP contribution in [-0.2, 0) is 14.8 Å². The lowest BCUT2D eigenvalue weighted by atomic mass is 10.1. The Kier molecular flexibility index (Phi) is 5.52. The molecular weight excluding hydrogens is 372 g/mol. The van der Waals surface area contributed by atoms with E-state index < -0.39 is 16.0 Å². The summed E-state index contributed by atoms with van der Waals surface area (Å²) in [5.41, 5.74) is 0.755. The van der Waals surface area contributed by atoms with E-state index in [9.17, 15) is 18.3 Å². The molecule has 0 spiro atoms. The lowest BCUT2D eigenvalue weighted by Gasteiger charge is -2.30. The number of carboxylic acids is 1. The predicted octanol–water partition coefficient (Wildman–Crippen LogP) is 2.03. The number of aromatic carboxylic acids is 1. The van der Waals surface area contributed by atoms with Gasteiger partial charge in [0.25, 0.3) is 10.0 Å². The summed E-state index contributed by atoms with van der Waals surface area (Å²) in [5, 5.41) is 9.54. The van der Waals surface area contributed by atoms with E-state index in [4.69, 9.17) is 9.47 Å². The average Bonchev–Trinajstić information content (AvgIpc) is 2.68. The number of nitrogens with one attached hydrogen (secondary N) is 1. The van der Waals surface area contributed by atoms with Crippen LogP contribution in [0.5, 0.6) is 5.75 Å². The van der Waals surface area contributed by atoms with Crippen LogP contribution in [0, 0.1) is 0 Å². The van der Waals surface area contributed by atoms with E-state index in [0.717, 1.165) is 0 Å². The second-order valence-corrected chi connectivity index (χ2v) is 7.60. The van der Waals surface area contributed by atoms with Gasteiger partial charge in [0.2, 0.25) is 0 Å². The smallest absolute Gasteiger partial charge is 0.337 e. The van der Waals surface area contributed by atoms with Gasteiger partial charge in [0.05, 0.1) is 36.5 Å². The number of methoxy groups -OCH3 is 1. The van der Waals surface area contributed by atoms with Crippen molar-refractivity contribution >= 4 is 27.4 Å². The van der Waals surface area contributed by atoms with Gasteiger partial charge in [-0.05, 0) is 42.5 Å². The molecule has 1 fully saturated rings. The molecule has 8 nitrogen and oxygen atoms in total. The van der Waals surface area contributed by atoms with Gasteiger partial charge in [-0.15, -0.1) is 0 Å². The van der Waals surface area contributed by atoms with E-state index in [1.54, 1.807) is 24.3 Å². The van der Waals surface area contributed by atoms with Gasteiger partial charge in [0.1, 0.15) is 5.75 Å². The monoisotopic (exact) mass is 392 g/mol. The van der Waals surface area contributed by atoms with Crippen LogP contribution in [0.2, 0.25) is 0 Å². The molecule has 0 bridgehead atoms. The highest BCUT2D eigenvalue weighted by molar-refractivity contribution is 7.92. The molecule has 1 aliphatic heterocycles. The first-order valence-corrected chi connectivity index (χ1v) is 9.76. The Bertz CT molecular complexity index is 921. The summed E-state index contributed by atoms with van der Waals surface area (Å²) in [7, 11) is -2.36. The lowest BCUT2D eigenvalue weighted by Crippen LogP contribution is -2.37. The number of rotatable bonds is 6. The third kappa shape index (κ3) is 4.32. The maximum absolute atomic E-state index is 12.5. The van der Waals surface area contributed by atoms with Crippen LogP contribution in [0.4, 0.5) is 11.4 Å². The van der Waals surface area contributed by atoms with Crippen molar-refractivity contribution in [1.29, 1.82) is 0 Å². The molecule has 1 aliphatic rings. The second kappa shape index (κ2) is 7.85. The Hall–Kier alpha value is -2.78. The quantitative estimate of drug-likeness (QED) is 0.775. The molecule has 0 amide bonds. The summed E-state index contributed by atoms with van der Waals surface area (Å²) in [6.07, 6.45) is 0. The van der Waals surface area contributed by atoms with E-state index >= 15 is 0 Å². The zero-order chi connectivity index (χ0) is 19.4. The van der Waals surface area contributed by atoms with Gasteiger partial charge in [0, 0.05) is 18.8 Å². The van der Waals surface area contributed by atoms with E-state index in [1.807, 2.05) is 4.90 Å². The molecule has 0 aliphatic carbocycles. The number of carboxylic acid groups (broad SMARTS) is 1. The minimum atomic E-state index is -3.85. The molecule has 1 heterocycles. The van der Waals surface area contributed by atoms with Gasteiger partial charge in [-0.1, -0.05) is 0 Å². The molecule has 3 rings (SSSR count). The number of benzene rings is 2. The van der Waals surface area contributed by atoms with E-state index in [1.165, 1.54) is 25.3 Å². The fourth-order valence-corrected chi connectivity index (χ4v) is 3.87. The van der Waals surface area contributed by atoms with Crippen molar-refractivity contribution in [1.82, 2.24) is 0 Å². The first kappa shape index (κ1) is 19.0. The van der Waals surface area contributed by atoms with Crippen LogP contribution >= 0.6 is 0 Å². The summed E-state index contributed by atoms with van der Waals surface area (Å²) in [6, 6.07) is 10.4. The first-order chi connectivity index (χ1) is 12.9. The Morgan fingerprint density at radius 3 is 2.41 bits per heavy atom. The van der Waals surface area contributed by atoms with E-state index in [2.05, 4.69) is 4.72 Å². The zero-order valence-corrected chi connectivity index (χ0v) is 15.5. The van der Waals surface area contributed by atoms with Gasteiger partial charge in [0.15, 0.2) is 0 Å². The molecule has 27 heavy (non-hydrogen) atoms. The number of anilines is 2. The van der Waals surface area contributed by atoms with Crippen LogP contribution in [0.3, 0.4) is 0 Å². The number of nitrogens with zero attached hydrogens (tertiary/aromatic N) is 1. The minimum absolute atomic E-state index is 0.0341. The molecule has 0 aromatic heterocycles. The average molecular weight is 392 g/mol. The van der Waals surface area contributed by atoms with E-state index in [0.29, 0.717) is 37.7 Å². The first-order valence-electron chi connectivity index (χ1n) is 8.27. The summed E-state index contributed by atoms with van der Waals surface area (Å²) < 4.78 is 37.8. The van der Waals surface area contributed by atoms with Gasteiger partial charge in [-0.2, -0.15) is 0 Å². The summed E-state index contributed by atoms with van der Waals surface area (Å²) in [5.74, 6) is -0.584. The van der Waals surface area contributed by atoms with E-state index in [-0.39, 0.29) is 16.1 Å². The molecular formula is C18H20N2O6S. The Labute approximate surface area is 157 Å². The number of ether oxygens (including phenoxy) is 2. The Morgan fingerprint density at radius 2 is 1.81 bits per heavy atom. The summed E-state index contributed by atoms with van der Waals surface area (Å²) in [6.45, 7) is 2.20. The standard InChI is InChI=1S/C18H20N2O6S/c1-25-14-3-5-15(6-4-14)27(23,24)19-13-2-7-17(16(12-13)18(21)22)20-8-10-26-11-9-20/h2-7,12,19H,8-11H2,1H3,(H,21,22). The minimum Gasteiger partial charge on any atom is -0.497 e. The van der Waals surface area contributed by atoms with Gasteiger partial charge < -0.3 is 19.5 Å². The molecule has 2 aromatic carbocycles. The molecule has 2 aromatic rings. The Morgan fingerprint density at radius 1 is 1.15 bits per heavy atom. The molecule has 0 atom stereocenters. The molecule has 1 saturated heterocycles. The summed E-state index contributed by atoms with van der Waals surface area (Å²) in [4.78, 5) is 13.6. The SMILES string of the molecule is COc1ccc(S(=O)(=O)Nc2ccc(N3CCOCC3)c(C(=O)O)c2)cc1. The number of hydrogen-bond donors (Lipinski definition) is 2. The number of hydrogen-bond acceptors (Lipinski definition) is 6. The summed E-state index contributed by atoms with van der Waals surface area (Å²) >= 11 is 0. The normalized spacial score (nSPS) is 14.6. The van der Waals surface area contributed by atoms with Crippen molar-refractivity contribution in [3.8, 4) is 5.75 Å². The van der Waals surface area contributed by atoms with Gasteiger partial charge in [-0.3, -0.25) is 4.72 Å². The van der Waals surface area contributed by atoms with Crippen molar-refractivity contribution in [3.63, 3.8) is 0 Å². The van der Waals surface area contributed by atoms with Crippen LogP contribution in [0.1, 0.15) is 10.4 Å². The lowest BCUT2D eigenvalue weighted by molar-refractivity contribution is 0.0696. The topological polar surface area (TPSA) is 105 Å². The van der Waals surface area contributed by atoms with Crippen molar-refractivity contribution < 1.29 is 27.8 Å². The highest BCUT2D eigenvalue weighted by Crippen LogP contribution is 2.27. The van der Waals surface area contributed by atoms with Crippen molar-refractivity contribution in [2.75, 3.05) is 43.0 Å². The van der Waals surface area contributed by atoms with Gasteiger partial charge >= 0.3 is 5.97 Å². The van der Waals surface area contributed by atoms with Gasteiger partial charge in [-0.25, -0.2) is 13.2 Å². The molecule has 9 heteroatoms. The third-order valence-corrected chi connectivity index (χ3v) is 5.60. The molecule has 144 valence electrons. The number of sulfonamides is 1. The molecule has 0 saturated carbocycles. The van der Waals surface area contributed by atoms with Crippen molar-refractivity contribution in [3.05, 3.63) is 48.0 Å². The van der Waals surface area contributed by atoms with Crippen LogP contribution in [0.15, 0.2) is 47.4 Å². The maximum atomic E-state index is 12.5. The van der Waals surface area contributed by atoms with Crippen LogP contribution in [-0.4, -0.2) is 52.9 Å².